The number of nitrogens with zero attached hydrogens (tertiary/aromatic N) is 2. The first kappa shape index (κ1) is 15.1. The summed E-state index contributed by atoms with van der Waals surface area (Å²) in [4.78, 5) is 24.1. The van der Waals surface area contributed by atoms with Crippen LogP contribution in [0.25, 0.3) is 0 Å². The predicted molar refractivity (Wildman–Crippen MR) is 81.4 cm³/mol. The summed E-state index contributed by atoms with van der Waals surface area (Å²) in [6, 6.07) is 5.49. The zero-order chi connectivity index (χ0) is 14.7. The molecule has 2 aromatic rings. The molecular formula is C13H14BrN3O2S. The van der Waals surface area contributed by atoms with Gasteiger partial charge >= 0.3 is 5.69 Å². The summed E-state index contributed by atoms with van der Waals surface area (Å²) in [5, 5.41) is 7.03. The molecule has 1 aromatic heterocycles. The summed E-state index contributed by atoms with van der Waals surface area (Å²) in [6.07, 6.45) is 0.840. The molecule has 106 valence electrons. The quantitative estimate of drug-likeness (QED) is 0.836. The number of hydrogen-bond acceptors (Lipinski definition) is 4. The number of aromatic nitrogens is 3. The molecule has 0 radical (unpaired) electrons. The molecule has 20 heavy (non-hydrogen) atoms. The van der Waals surface area contributed by atoms with Crippen LogP contribution in [0, 0.1) is 0 Å². The lowest BCUT2D eigenvalue weighted by atomic mass is 10.1. The van der Waals surface area contributed by atoms with Crippen LogP contribution in [0.1, 0.15) is 30.6 Å². The molecule has 0 aliphatic rings. The summed E-state index contributed by atoms with van der Waals surface area (Å²) in [5.74, 6) is -0.0197. The summed E-state index contributed by atoms with van der Waals surface area (Å²) in [5.41, 5.74) is 0.388. The molecule has 1 aromatic carbocycles. The van der Waals surface area contributed by atoms with Crippen molar-refractivity contribution >= 4 is 33.5 Å². The fourth-order valence-corrected chi connectivity index (χ4v) is 3.15. The van der Waals surface area contributed by atoms with Crippen LogP contribution in [0.15, 0.2) is 37.5 Å². The molecule has 0 spiro atoms. The minimum atomic E-state index is -0.226. The molecule has 0 fully saturated rings. The summed E-state index contributed by atoms with van der Waals surface area (Å²) in [7, 11) is 0. The van der Waals surface area contributed by atoms with E-state index >= 15 is 0 Å². The standard InChI is InChI=1S/C13H14BrN3O2S/c1-3-6-17-12(19)15-16-13(17)20-11-5-4-9(14)7-10(11)8(2)18/h4-5,7H,3,6H2,1-2H3,(H,15,19). The number of carbonyl (C=O) groups excluding carboxylic acids is 1. The van der Waals surface area contributed by atoms with E-state index < -0.39 is 0 Å². The van der Waals surface area contributed by atoms with Gasteiger partial charge in [-0.1, -0.05) is 22.9 Å². The van der Waals surface area contributed by atoms with E-state index in [4.69, 9.17) is 0 Å². The molecule has 0 bridgehead atoms. The highest BCUT2D eigenvalue weighted by molar-refractivity contribution is 9.10. The van der Waals surface area contributed by atoms with Gasteiger partial charge in [0.2, 0.25) is 0 Å². The normalized spacial score (nSPS) is 10.8. The van der Waals surface area contributed by atoms with Crippen molar-refractivity contribution in [1.82, 2.24) is 14.8 Å². The fourth-order valence-electron chi connectivity index (χ4n) is 1.77. The highest BCUT2D eigenvalue weighted by atomic mass is 79.9. The number of ketones is 1. The Labute approximate surface area is 128 Å². The van der Waals surface area contributed by atoms with Crippen molar-refractivity contribution in [1.29, 1.82) is 0 Å². The Morgan fingerprint density at radius 3 is 2.90 bits per heavy atom. The van der Waals surface area contributed by atoms with Crippen LogP contribution in [0.4, 0.5) is 0 Å². The van der Waals surface area contributed by atoms with Crippen LogP contribution in [-0.2, 0) is 6.54 Å². The lowest BCUT2D eigenvalue weighted by Gasteiger charge is -2.07. The summed E-state index contributed by atoms with van der Waals surface area (Å²) < 4.78 is 2.43. The van der Waals surface area contributed by atoms with Gasteiger partial charge in [-0.2, -0.15) is 0 Å². The van der Waals surface area contributed by atoms with Gasteiger partial charge in [0.25, 0.3) is 0 Å². The molecule has 1 N–H and O–H groups in total. The SMILES string of the molecule is CCCn1c(Sc2ccc(Br)cc2C(C)=O)n[nH]c1=O. The van der Waals surface area contributed by atoms with Crippen LogP contribution < -0.4 is 5.69 Å². The van der Waals surface area contributed by atoms with E-state index in [2.05, 4.69) is 26.1 Å². The Bertz CT molecular complexity index is 693. The Morgan fingerprint density at radius 2 is 2.25 bits per heavy atom. The van der Waals surface area contributed by atoms with Crippen LogP contribution in [0.3, 0.4) is 0 Å². The summed E-state index contributed by atoms with van der Waals surface area (Å²) in [6.45, 7) is 4.12. The third-order valence-corrected chi connectivity index (χ3v) is 4.26. The number of Topliss-reactive ketones (excluding diaryl/α,β-unsaturated/α-hetero) is 1. The monoisotopic (exact) mass is 355 g/mol. The second kappa shape index (κ2) is 6.41. The number of hydrogen-bond donors (Lipinski definition) is 1. The highest BCUT2D eigenvalue weighted by Gasteiger charge is 2.14. The first-order chi connectivity index (χ1) is 9.52. The van der Waals surface area contributed by atoms with Crippen molar-refractivity contribution in [2.24, 2.45) is 0 Å². The molecule has 0 amide bonds. The summed E-state index contributed by atoms with van der Waals surface area (Å²) >= 11 is 4.67. The van der Waals surface area contributed by atoms with E-state index in [1.165, 1.54) is 18.7 Å². The molecular weight excluding hydrogens is 342 g/mol. The van der Waals surface area contributed by atoms with E-state index in [1.807, 2.05) is 19.1 Å². The van der Waals surface area contributed by atoms with Gasteiger partial charge in [-0.15, -0.1) is 5.10 Å². The maximum absolute atomic E-state index is 11.7. The van der Waals surface area contributed by atoms with Crippen molar-refractivity contribution in [2.75, 3.05) is 0 Å². The van der Waals surface area contributed by atoms with Gasteiger partial charge < -0.3 is 0 Å². The Hall–Kier alpha value is -1.34. The van der Waals surface area contributed by atoms with Gasteiger partial charge in [-0.05, 0) is 43.3 Å². The van der Waals surface area contributed by atoms with Crippen LogP contribution in [0.5, 0.6) is 0 Å². The minimum absolute atomic E-state index is 0.0197. The molecule has 2 rings (SSSR count). The van der Waals surface area contributed by atoms with E-state index in [9.17, 15) is 9.59 Å². The van der Waals surface area contributed by atoms with Gasteiger partial charge in [-0.3, -0.25) is 9.36 Å². The third kappa shape index (κ3) is 3.21. The Balaban J connectivity index is 2.40. The van der Waals surface area contributed by atoms with Crippen LogP contribution in [0.2, 0.25) is 0 Å². The van der Waals surface area contributed by atoms with Crippen molar-refractivity contribution in [3.63, 3.8) is 0 Å². The molecule has 0 saturated heterocycles. The maximum Gasteiger partial charge on any atom is 0.343 e. The van der Waals surface area contributed by atoms with E-state index in [0.717, 1.165) is 15.8 Å². The number of rotatable bonds is 5. The average molecular weight is 356 g/mol. The van der Waals surface area contributed by atoms with Crippen LogP contribution >= 0.6 is 27.7 Å². The van der Waals surface area contributed by atoms with Crippen molar-refractivity contribution in [3.05, 3.63) is 38.7 Å². The van der Waals surface area contributed by atoms with Crippen molar-refractivity contribution in [3.8, 4) is 0 Å². The smallest absolute Gasteiger partial charge is 0.294 e. The lowest BCUT2D eigenvalue weighted by Crippen LogP contribution is -2.17. The minimum Gasteiger partial charge on any atom is -0.294 e. The first-order valence-corrected chi connectivity index (χ1v) is 7.77. The molecule has 5 nitrogen and oxygen atoms in total. The lowest BCUT2D eigenvalue weighted by molar-refractivity contribution is 0.101. The second-order valence-electron chi connectivity index (χ2n) is 4.26. The number of aromatic amines is 1. The van der Waals surface area contributed by atoms with Gasteiger partial charge in [0.1, 0.15) is 0 Å². The predicted octanol–water partition coefficient (Wildman–Crippen LogP) is 3.10. The van der Waals surface area contributed by atoms with Gasteiger partial charge in [0, 0.05) is 21.5 Å². The number of carbonyl (C=O) groups is 1. The Kier molecular flexibility index (Phi) is 4.82. The number of benzene rings is 1. The molecule has 7 heteroatoms. The zero-order valence-corrected chi connectivity index (χ0v) is 13.5. The number of nitrogens with one attached hydrogen (secondary N) is 1. The zero-order valence-electron chi connectivity index (χ0n) is 11.1. The van der Waals surface area contributed by atoms with E-state index in [1.54, 1.807) is 10.6 Å². The van der Waals surface area contributed by atoms with Gasteiger partial charge in [0.15, 0.2) is 10.9 Å². The highest BCUT2D eigenvalue weighted by Crippen LogP contribution is 2.30. The topological polar surface area (TPSA) is 67.8 Å². The molecule has 1 heterocycles. The second-order valence-corrected chi connectivity index (χ2v) is 6.19. The van der Waals surface area contributed by atoms with E-state index in [-0.39, 0.29) is 11.5 Å². The number of H-pyrrole nitrogens is 1. The molecule has 0 saturated carbocycles. The van der Waals surface area contributed by atoms with Crippen molar-refractivity contribution < 1.29 is 4.79 Å². The molecule has 0 aliphatic heterocycles. The Morgan fingerprint density at radius 1 is 1.50 bits per heavy atom. The van der Waals surface area contributed by atoms with E-state index in [0.29, 0.717) is 17.3 Å². The first-order valence-electron chi connectivity index (χ1n) is 6.16. The van der Waals surface area contributed by atoms with Gasteiger partial charge in [0.05, 0.1) is 0 Å². The molecule has 0 unspecified atom stereocenters. The molecule has 0 aliphatic carbocycles. The van der Waals surface area contributed by atoms with Crippen molar-refractivity contribution in [2.45, 2.75) is 36.9 Å². The number of halogens is 1. The maximum atomic E-state index is 11.7. The van der Waals surface area contributed by atoms with Gasteiger partial charge in [-0.25, -0.2) is 9.89 Å². The largest absolute Gasteiger partial charge is 0.343 e. The average Bonchev–Trinajstić information content (AvgIpc) is 2.74. The third-order valence-electron chi connectivity index (χ3n) is 2.69. The van der Waals surface area contributed by atoms with Crippen LogP contribution in [-0.4, -0.2) is 20.5 Å². The fraction of sp³-hybridized carbons (Fsp3) is 0.308. The molecule has 0 atom stereocenters.